The van der Waals surface area contributed by atoms with Crippen LogP contribution < -0.4 is 58.9 Å². The van der Waals surface area contributed by atoms with Crippen molar-refractivity contribution in [3.05, 3.63) is 71.9 Å². The van der Waals surface area contributed by atoms with Crippen molar-refractivity contribution in [3.63, 3.8) is 0 Å². The molecule has 1 saturated heterocycles. The Morgan fingerprint density at radius 2 is 0.936 bits per heavy atom. The number of nitrogens with one attached hydrogen (secondary N) is 11. The van der Waals surface area contributed by atoms with E-state index >= 15 is 0 Å². The smallest absolute Gasteiger partial charge is 0.326 e. The Morgan fingerprint density at radius 1 is 0.495 bits per heavy atom. The number of amides is 12. The van der Waals surface area contributed by atoms with Crippen LogP contribution in [0.1, 0.15) is 202 Å². The van der Waals surface area contributed by atoms with E-state index in [1.54, 1.807) is 83.0 Å². The second-order valence-electron chi connectivity index (χ2n) is 29.5. The van der Waals surface area contributed by atoms with Gasteiger partial charge in [0.1, 0.15) is 66.5 Å². The van der Waals surface area contributed by atoms with Crippen molar-refractivity contribution in [2.45, 2.75) is 282 Å². The molecule has 2 heterocycles. The zero-order chi connectivity index (χ0) is 81.0. The number of aromatic amines is 1. The molecule has 1 aliphatic heterocycles. The highest BCUT2D eigenvalue weighted by molar-refractivity contribution is 5.99. The van der Waals surface area contributed by atoms with Crippen LogP contribution in [0.3, 0.4) is 0 Å². The number of rotatable bonds is 51. The summed E-state index contributed by atoms with van der Waals surface area (Å²) < 4.78 is 0. The monoisotopic (exact) mass is 1530 g/mol. The average molecular weight is 1530 g/mol. The molecular weight excluding hydrogens is 1410 g/mol. The Hall–Kier alpha value is -9.56. The summed E-state index contributed by atoms with van der Waals surface area (Å²) in [6.45, 7) is 14.0. The van der Waals surface area contributed by atoms with Crippen LogP contribution in [0.2, 0.25) is 0 Å². The molecule has 14 atom stereocenters. The summed E-state index contributed by atoms with van der Waals surface area (Å²) in [6, 6.07) is 0.593. The predicted molar refractivity (Wildman–Crippen MR) is 404 cm³/mol. The number of aliphatic carboxylic acids is 2. The molecule has 4 rings (SSSR count). The number of carbonyl (C=O) groups is 14. The summed E-state index contributed by atoms with van der Waals surface area (Å²) in [6.07, 6.45) is 9.89. The van der Waals surface area contributed by atoms with E-state index in [9.17, 15) is 92.7 Å². The molecule has 32 heteroatoms. The van der Waals surface area contributed by atoms with E-state index in [1.807, 2.05) is 24.3 Å². The maximum atomic E-state index is 14.0. The summed E-state index contributed by atoms with van der Waals surface area (Å²) in [5.74, 6) is -13.1. The first-order valence-electron chi connectivity index (χ1n) is 38.3. The van der Waals surface area contributed by atoms with Gasteiger partial charge in [-0.15, -0.1) is 0 Å². The summed E-state index contributed by atoms with van der Waals surface area (Å²) in [5.41, 5.74) is 7.42. The van der Waals surface area contributed by atoms with Crippen LogP contribution in [0.5, 0.6) is 0 Å². The third-order valence-electron chi connectivity index (χ3n) is 19.3. The number of aromatic nitrogens is 1. The van der Waals surface area contributed by atoms with Crippen molar-refractivity contribution in [2.24, 2.45) is 23.5 Å². The van der Waals surface area contributed by atoms with Crippen molar-refractivity contribution >= 4 is 93.7 Å². The summed E-state index contributed by atoms with van der Waals surface area (Å²) in [7, 11) is 0. The molecule has 2 aromatic carbocycles. The predicted octanol–water partition coefficient (Wildman–Crippen LogP) is 2.21. The average Bonchev–Trinajstić information content (AvgIpc) is 1.74. The van der Waals surface area contributed by atoms with E-state index in [0.29, 0.717) is 49.8 Å². The van der Waals surface area contributed by atoms with Gasteiger partial charge in [-0.05, 0) is 94.2 Å². The first-order chi connectivity index (χ1) is 51.6. The number of carbonyl (C=O) groups excluding carboxylic acids is 12. The van der Waals surface area contributed by atoms with Gasteiger partial charge in [-0.3, -0.25) is 57.5 Å². The van der Waals surface area contributed by atoms with Crippen LogP contribution in [-0.4, -0.2) is 210 Å². The number of carboxylic acid groups (broad SMARTS) is 2. The quantitative estimate of drug-likeness (QED) is 0.0360. The van der Waals surface area contributed by atoms with Crippen LogP contribution in [0.4, 0.5) is 0 Å². The van der Waals surface area contributed by atoms with Gasteiger partial charge in [0.2, 0.25) is 70.9 Å². The molecule has 0 saturated carbocycles. The van der Waals surface area contributed by atoms with Gasteiger partial charge >= 0.3 is 11.9 Å². The molecule has 0 spiro atoms. The molecule has 3 aromatic rings. The normalized spacial score (nSPS) is 16.4. The van der Waals surface area contributed by atoms with E-state index in [2.05, 4.69) is 58.2 Å². The Bertz CT molecular complexity index is 3500. The first-order valence-corrected chi connectivity index (χ1v) is 38.3. The van der Waals surface area contributed by atoms with Gasteiger partial charge in [-0.2, -0.15) is 0 Å². The number of hydrogen-bond donors (Lipinski definition) is 17. The highest BCUT2D eigenvalue weighted by atomic mass is 16.4. The van der Waals surface area contributed by atoms with Crippen molar-refractivity contribution in [1.82, 2.24) is 63.1 Å². The molecular formula is C77H119N13O19. The third-order valence-corrected chi connectivity index (χ3v) is 19.3. The third kappa shape index (κ3) is 31.9. The lowest BCUT2D eigenvalue weighted by Crippen LogP contribution is -2.62. The number of primary amides is 1. The lowest BCUT2D eigenvalue weighted by Gasteiger charge is -2.30. The number of H-pyrrole nitrogens is 1. The highest BCUT2D eigenvalue weighted by Crippen LogP contribution is 2.23. The molecule has 18 N–H and O–H groups in total. The van der Waals surface area contributed by atoms with Gasteiger partial charge in [0.25, 0.3) is 0 Å². The fraction of sp³-hybridized carbons (Fsp3) is 0.636. The van der Waals surface area contributed by atoms with Gasteiger partial charge in [0.05, 0.1) is 25.2 Å². The topological polar surface area (TPSA) is 505 Å². The van der Waals surface area contributed by atoms with E-state index in [4.69, 9.17) is 5.73 Å². The molecule has 0 unspecified atom stereocenters. The Labute approximate surface area is 637 Å². The number of unbranched alkanes of at least 4 members (excludes halogenated alkanes) is 11. The van der Waals surface area contributed by atoms with Gasteiger partial charge in [0.15, 0.2) is 0 Å². The minimum Gasteiger partial charge on any atom is -0.480 e. The lowest BCUT2D eigenvalue weighted by atomic mass is 9.97. The van der Waals surface area contributed by atoms with Gasteiger partial charge in [-0.25, -0.2) is 9.59 Å². The van der Waals surface area contributed by atoms with E-state index in [-0.39, 0.29) is 56.3 Å². The Kier molecular flexibility index (Phi) is 39.9. The van der Waals surface area contributed by atoms with Crippen molar-refractivity contribution in [1.29, 1.82) is 0 Å². The number of aliphatic hydroxyl groups excluding tert-OH is 3. The molecule has 1 aliphatic rings. The molecule has 1 fully saturated rings. The number of benzene rings is 2. The van der Waals surface area contributed by atoms with Gasteiger partial charge in [0, 0.05) is 49.3 Å². The highest BCUT2D eigenvalue weighted by Gasteiger charge is 2.40. The largest absolute Gasteiger partial charge is 0.480 e. The fourth-order valence-corrected chi connectivity index (χ4v) is 12.9. The number of para-hydroxylation sites is 1. The summed E-state index contributed by atoms with van der Waals surface area (Å²) in [4.78, 5) is 191. The molecule has 606 valence electrons. The van der Waals surface area contributed by atoms with Crippen LogP contribution >= 0.6 is 0 Å². The summed E-state index contributed by atoms with van der Waals surface area (Å²) >= 11 is 0. The standard InChI is InChI=1S/C77H119N13O19/c1-10-46(6)64(73(103)89-66(49(9)93)75(105)84-55(38-45(4)5)69(99)86-58(77(108)109)40-51-42-79-53-32-27-26-31-52(51)53)87-67(97)47(7)80-72(102)60-33-28-36-90(60)63(96)35-25-20-18-16-14-12-11-13-15-17-19-24-34-62(95)81-59(43-91)71(101)88-65(48(8)92)74(104)83-54(37-44(2)3)68(98)82-56(41-61(78)94)70(100)85-57(76(106)107)39-50-29-22-21-23-30-50/h21-23,26-27,29-32,42,44-49,54-60,64-66,79,91-93H,10-20,24-25,28,33-41,43H2,1-9H3,(H2,78,94)(H,80,102)(H,81,95)(H,82,98)(H,83,104)(H,84,105)(H,85,100)(H,86,99)(H,87,97)(H,88,101)(H,89,103)(H,106,107)(H,108,109)/t46-,47-,48+,49+,54-,55-,56-,57-,58-,59-,60-,64-,65-,66-/m0/s1. The summed E-state index contributed by atoms with van der Waals surface area (Å²) in [5, 5.41) is 77.3. The number of aliphatic hydroxyl groups is 3. The number of fused-ring (bicyclic) bond motifs is 1. The van der Waals surface area contributed by atoms with E-state index in [1.165, 1.54) is 20.8 Å². The molecule has 1 aromatic heterocycles. The second kappa shape index (κ2) is 47.4. The number of nitrogens with zero attached hydrogens (tertiary/aromatic N) is 1. The van der Waals surface area contributed by atoms with Crippen molar-refractivity contribution in [3.8, 4) is 0 Å². The van der Waals surface area contributed by atoms with Crippen LogP contribution in [0, 0.1) is 17.8 Å². The minimum absolute atomic E-state index is 0.0310. The SMILES string of the molecule is CC[C@H](C)[C@H](NC(=O)[C@H](C)NC(=O)[C@@H]1CCCN1C(=O)CCCCCCCCCCCCCCC(=O)N[C@@H](CO)C(=O)N[C@H](C(=O)N[C@@H](CC(C)C)C(=O)N[C@@H](CC(N)=O)C(=O)N[C@@H](Cc1ccccc1)C(=O)O)[C@@H](C)O)C(=O)N[C@H](C(=O)N[C@@H](CC(C)C)C(=O)N[C@@H](Cc1c[nH]c2ccccc12)C(=O)O)[C@@H](C)O. The van der Waals surface area contributed by atoms with Crippen LogP contribution in [0.15, 0.2) is 60.8 Å². The molecule has 32 nitrogen and oxygen atoms in total. The van der Waals surface area contributed by atoms with Crippen LogP contribution in [-0.2, 0) is 80.0 Å². The number of carboxylic acids is 2. The van der Waals surface area contributed by atoms with Crippen molar-refractivity contribution < 1.29 is 92.7 Å². The second-order valence-corrected chi connectivity index (χ2v) is 29.5. The van der Waals surface area contributed by atoms with Crippen molar-refractivity contribution in [2.75, 3.05) is 13.2 Å². The van der Waals surface area contributed by atoms with Gasteiger partial charge < -0.3 is 94.3 Å². The molecule has 109 heavy (non-hydrogen) atoms. The lowest BCUT2D eigenvalue weighted by molar-refractivity contribution is -0.143. The maximum Gasteiger partial charge on any atom is 0.326 e. The fourth-order valence-electron chi connectivity index (χ4n) is 12.9. The zero-order valence-electron chi connectivity index (χ0n) is 64.5. The van der Waals surface area contributed by atoms with E-state index in [0.717, 1.165) is 75.1 Å². The van der Waals surface area contributed by atoms with Gasteiger partial charge in [-0.1, -0.05) is 161 Å². The molecule has 0 bridgehead atoms. The molecule has 0 aliphatic carbocycles. The number of hydrogen-bond acceptors (Lipinski definition) is 17. The molecule has 12 amide bonds. The first kappa shape index (κ1) is 91.8. The van der Waals surface area contributed by atoms with E-state index < -0.39 is 175 Å². The number of nitrogens with two attached hydrogens (primary N) is 1. The van der Waals surface area contributed by atoms with Crippen LogP contribution in [0.25, 0.3) is 10.9 Å². The zero-order valence-corrected chi connectivity index (χ0v) is 64.5. The minimum atomic E-state index is -1.69. The molecule has 0 radical (unpaired) electrons. The maximum absolute atomic E-state index is 14.0. The Balaban J connectivity index is 1.13. The Morgan fingerprint density at radius 3 is 1.43 bits per heavy atom. The number of likely N-dealkylation sites (tertiary alicyclic amines) is 1.